The number of anilines is 1. The van der Waals surface area contributed by atoms with E-state index in [2.05, 4.69) is 15.5 Å². The SMILES string of the molecule is O=C(O)c1[nH]ncc1NC(=O)c1c(Cl)ccc(Cl)c1Cl. The van der Waals surface area contributed by atoms with Crippen LogP contribution >= 0.6 is 34.8 Å². The molecule has 2 rings (SSSR count). The Kier molecular flexibility index (Phi) is 4.17. The first-order valence-corrected chi connectivity index (χ1v) is 6.26. The van der Waals surface area contributed by atoms with Crippen molar-refractivity contribution >= 4 is 52.4 Å². The summed E-state index contributed by atoms with van der Waals surface area (Å²) in [5.74, 6) is -1.95. The topological polar surface area (TPSA) is 95.1 Å². The number of aromatic carboxylic acids is 1. The van der Waals surface area contributed by atoms with Crippen LogP contribution in [0, 0.1) is 0 Å². The number of H-pyrrole nitrogens is 1. The van der Waals surface area contributed by atoms with Crippen LogP contribution in [0.4, 0.5) is 5.69 Å². The zero-order valence-electron chi connectivity index (χ0n) is 9.58. The summed E-state index contributed by atoms with van der Waals surface area (Å²) in [5.41, 5.74) is -0.305. The summed E-state index contributed by atoms with van der Waals surface area (Å²) in [6.45, 7) is 0. The molecule has 0 spiro atoms. The summed E-state index contributed by atoms with van der Waals surface area (Å²) >= 11 is 17.6. The maximum atomic E-state index is 12.1. The standard InChI is InChI=1S/C11H6Cl3N3O3/c12-4-1-2-5(13)8(14)7(4)10(18)16-6-3-15-17-9(6)11(19)20/h1-3H,(H,15,17)(H,16,18)(H,19,20). The van der Waals surface area contributed by atoms with Crippen molar-refractivity contribution in [2.24, 2.45) is 0 Å². The van der Waals surface area contributed by atoms with Crippen LogP contribution in [-0.4, -0.2) is 27.2 Å². The van der Waals surface area contributed by atoms with Crippen LogP contribution in [-0.2, 0) is 0 Å². The smallest absolute Gasteiger partial charge is 0.356 e. The molecule has 0 unspecified atom stereocenters. The highest BCUT2D eigenvalue weighted by Crippen LogP contribution is 2.32. The number of nitrogens with one attached hydrogen (secondary N) is 2. The molecule has 20 heavy (non-hydrogen) atoms. The van der Waals surface area contributed by atoms with Crippen molar-refractivity contribution in [2.75, 3.05) is 5.32 Å². The lowest BCUT2D eigenvalue weighted by atomic mass is 10.2. The van der Waals surface area contributed by atoms with Gasteiger partial charge in [-0.3, -0.25) is 9.89 Å². The third-order valence-electron chi connectivity index (χ3n) is 2.37. The summed E-state index contributed by atoms with van der Waals surface area (Å²) in [5, 5.41) is 17.3. The van der Waals surface area contributed by atoms with Crippen molar-refractivity contribution in [3.8, 4) is 0 Å². The van der Waals surface area contributed by atoms with E-state index in [1.165, 1.54) is 12.1 Å². The molecule has 0 fully saturated rings. The van der Waals surface area contributed by atoms with Gasteiger partial charge >= 0.3 is 5.97 Å². The second kappa shape index (κ2) is 5.70. The Morgan fingerprint density at radius 2 is 1.85 bits per heavy atom. The molecule has 9 heteroatoms. The molecular formula is C11H6Cl3N3O3. The predicted molar refractivity (Wildman–Crippen MR) is 75.0 cm³/mol. The van der Waals surface area contributed by atoms with Gasteiger partial charge in [0.05, 0.1) is 32.5 Å². The first-order chi connectivity index (χ1) is 9.41. The zero-order valence-corrected chi connectivity index (χ0v) is 11.8. The normalized spacial score (nSPS) is 10.3. The molecule has 1 aromatic carbocycles. The number of carbonyl (C=O) groups is 2. The summed E-state index contributed by atoms with van der Waals surface area (Å²) in [6.07, 6.45) is 1.16. The van der Waals surface area contributed by atoms with Gasteiger partial charge in [0.1, 0.15) is 0 Å². The third-order valence-corrected chi connectivity index (χ3v) is 3.49. The van der Waals surface area contributed by atoms with Crippen LogP contribution in [0.25, 0.3) is 0 Å². The van der Waals surface area contributed by atoms with Crippen LogP contribution in [0.2, 0.25) is 15.1 Å². The number of hydrogen-bond donors (Lipinski definition) is 3. The van der Waals surface area contributed by atoms with Gasteiger partial charge in [-0.2, -0.15) is 5.10 Å². The molecule has 1 amide bonds. The lowest BCUT2D eigenvalue weighted by Gasteiger charge is -2.08. The average Bonchev–Trinajstić information content (AvgIpc) is 2.82. The van der Waals surface area contributed by atoms with Crippen molar-refractivity contribution in [2.45, 2.75) is 0 Å². The lowest BCUT2D eigenvalue weighted by Crippen LogP contribution is -2.15. The van der Waals surface area contributed by atoms with Gasteiger partial charge in [-0.15, -0.1) is 0 Å². The summed E-state index contributed by atoms with van der Waals surface area (Å²) in [6, 6.07) is 2.86. The van der Waals surface area contributed by atoms with Gasteiger partial charge in [0.2, 0.25) is 0 Å². The number of carboxylic acids is 1. The van der Waals surface area contributed by atoms with Crippen LogP contribution in [0.5, 0.6) is 0 Å². The fourth-order valence-electron chi connectivity index (χ4n) is 1.46. The maximum absolute atomic E-state index is 12.1. The average molecular weight is 335 g/mol. The molecule has 3 N–H and O–H groups in total. The van der Waals surface area contributed by atoms with Gasteiger partial charge in [-0.1, -0.05) is 34.8 Å². The number of aromatic nitrogens is 2. The second-order valence-corrected chi connectivity index (χ2v) is 4.83. The van der Waals surface area contributed by atoms with E-state index in [0.29, 0.717) is 0 Å². The van der Waals surface area contributed by atoms with E-state index < -0.39 is 11.9 Å². The number of benzene rings is 1. The van der Waals surface area contributed by atoms with E-state index in [1.807, 2.05) is 0 Å². The van der Waals surface area contributed by atoms with Gasteiger partial charge in [0.25, 0.3) is 5.91 Å². The minimum absolute atomic E-state index is 0.00499. The van der Waals surface area contributed by atoms with Crippen LogP contribution in [0.15, 0.2) is 18.3 Å². The molecule has 0 atom stereocenters. The highest BCUT2D eigenvalue weighted by molar-refractivity contribution is 6.46. The molecule has 0 saturated heterocycles. The molecule has 0 bridgehead atoms. The third kappa shape index (κ3) is 2.72. The molecule has 0 aliphatic rings. The molecule has 1 aromatic heterocycles. The number of hydrogen-bond acceptors (Lipinski definition) is 3. The van der Waals surface area contributed by atoms with Crippen molar-refractivity contribution < 1.29 is 14.7 Å². The Hall–Kier alpha value is -1.76. The number of amides is 1. The van der Waals surface area contributed by atoms with Gasteiger partial charge in [-0.05, 0) is 12.1 Å². The van der Waals surface area contributed by atoms with Crippen molar-refractivity contribution in [1.82, 2.24) is 10.2 Å². The van der Waals surface area contributed by atoms with E-state index in [1.54, 1.807) is 0 Å². The Labute approximate surface area is 127 Å². The van der Waals surface area contributed by atoms with Crippen LogP contribution < -0.4 is 5.32 Å². The monoisotopic (exact) mass is 333 g/mol. The first-order valence-electron chi connectivity index (χ1n) is 5.13. The zero-order chi connectivity index (χ0) is 14.9. The number of rotatable bonds is 3. The number of aromatic amines is 1. The van der Waals surface area contributed by atoms with Gasteiger partial charge < -0.3 is 10.4 Å². The van der Waals surface area contributed by atoms with Gasteiger partial charge in [0.15, 0.2) is 5.69 Å². The Balaban J connectivity index is 2.36. The highest BCUT2D eigenvalue weighted by atomic mass is 35.5. The second-order valence-electron chi connectivity index (χ2n) is 3.64. The molecule has 0 saturated carbocycles. The molecule has 0 radical (unpaired) electrons. The minimum atomic E-state index is -1.26. The van der Waals surface area contributed by atoms with Gasteiger partial charge in [-0.25, -0.2) is 4.79 Å². The van der Waals surface area contributed by atoms with Gasteiger partial charge in [0, 0.05) is 0 Å². The molecule has 0 aliphatic heterocycles. The molecule has 1 heterocycles. The first kappa shape index (κ1) is 14.6. The summed E-state index contributed by atoms with van der Waals surface area (Å²) in [7, 11) is 0. The van der Waals surface area contributed by atoms with Crippen LogP contribution in [0.3, 0.4) is 0 Å². The van der Waals surface area contributed by atoms with Crippen molar-refractivity contribution in [3.63, 3.8) is 0 Å². The fourth-order valence-corrected chi connectivity index (χ4v) is 2.16. The fraction of sp³-hybridized carbons (Fsp3) is 0. The molecule has 0 aliphatic carbocycles. The number of carbonyl (C=O) groups excluding carboxylic acids is 1. The molecule has 2 aromatic rings. The van der Waals surface area contributed by atoms with E-state index in [0.717, 1.165) is 6.20 Å². The predicted octanol–water partition coefficient (Wildman–Crippen LogP) is 3.32. The number of nitrogens with zero attached hydrogens (tertiary/aromatic N) is 1. The van der Waals surface area contributed by atoms with E-state index >= 15 is 0 Å². The Bertz CT molecular complexity index is 699. The Morgan fingerprint density at radius 3 is 2.50 bits per heavy atom. The van der Waals surface area contributed by atoms with Crippen LogP contribution in [0.1, 0.15) is 20.8 Å². The Morgan fingerprint density at radius 1 is 1.20 bits per heavy atom. The maximum Gasteiger partial charge on any atom is 0.356 e. The summed E-state index contributed by atoms with van der Waals surface area (Å²) in [4.78, 5) is 23.0. The van der Waals surface area contributed by atoms with Crippen molar-refractivity contribution in [1.29, 1.82) is 0 Å². The number of carboxylic acid groups (broad SMARTS) is 1. The van der Waals surface area contributed by atoms with Crippen molar-refractivity contribution in [3.05, 3.63) is 44.7 Å². The minimum Gasteiger partial charge on any atom is -0.476 e. The highest BCUT2D eigenvalue weighted by Gasteiger charge is 2.20. The van der Waals surface area contributed by atoms with E-state index in [4.69, 9.17) is 39.9 Å². The molecule has 6 nitrogen and oxygen atoms in total. The van der Waals surface area contributed by atoms with E-state index in [9.17, 15) is 9.59 Å². The largest absolute Gasteiger partial charge is 0.476 e. The molecule has 104 valence electrons. The lowest BCUT2D eigenvalue weighted by molar-refractivity contribution is 0.0691. The number of halogens is 3. The quantitative estimate of drug-likeness (QED) is 0.750. The molecular weight excluding hydrogens is 328 g/mol. The summed E-state index contributed by atoms with van der Waals surface area (Å²) < 4.78 is 0. The van der Waals surface area contributed by atoms with E-state index in [-0.39, 0.29) is 32.0 Å².